The third-order valence-corrected chi connectivity index (χ3v) is 4.15. The average molecular weight is 291 g/mol. The fourth-order valence-corrected chi connectivity index (χ4v) is 2.97. The second-order valence-corrected chi connectivity index (χ2v) is 5.17. The van der Waals surface area contributed by atoms with E-state index in [2.05, 4.69) is 5.32 Å². The quantitative estimate of drug-likeness (QED) is 0.840. The second kappa shape index (κ2) is 6.16. The second-order valence-electron chi connectivity index (χ2n) is 5.17. The SMILES string of the molecule is CCOC(=O)C1NC(=O)CC1(CC)c1ccc(OC)cc1. The van der Waals surface area contributed by atoms with Crippen LogP contribution in [0.3, 0.4) is 0 Å². The molecule has 2 rings (SSSR count). The van der Waals surface area contributed by atoms with Gasteiger partial charge in [0.2, 0.25) is 5.91 Å². The number of ether oxygens (including phenoxy) is 2. The predicted octanol–water partition coefficient (Wildman–Crippen LogP) is 1.79. The van der Waals surface area contributed by atoms with E-state index in [0.717, 1.165) is 11.3 Å². The van der Waals surface area contributed by atoms with E-state index >= 15 is 0 Å². The summed E-state index contributed by atoms with van der Waals surface area (Å²) in [5, 5.41) is 2.76. The van der Waals surface area contributed by atoms with Crippen LogP contribution in [-0.2, 0) is 19.7 Å². The standard InChI is InChI=1S/C16H21NO4/c1-4-16(11-6-8-12(20-3)9-7-11)10-13(18)17-14(16)15(19)21-5-2/h6-9,14H,4-5,10H2,1-3H3,(H,17,18). The molecule has 0 bridgehead atoms. The van der Waals surface area contributed by atoms with Gasteiger partial charge in [0.05, 0.1) is 13.7 Å². The smallest absolute Gasteiger partial charge is 0.329 e. The van der Waals surface area contributed by atoms with Crippen LogP contribution in [-0.4, -0.2) is 31.6 Å². The van der Waals surface area contributed by atoms with Gasteiger partial charge in [-0.2, -0.15) is 0 Å². The van der Waals surface area contributed by atoms with Gasteiger partial charge in [0.1, 0.15) is 11.8 Å². The summed E-state index contributed by atoms with van der Waals surface area (Å²) >= 11 is 0. The Bertz CT molecular complexity index is 526. The molecule has 1 fully saturated rings. The zero-order valence-electron chi connectivity index (χ0n) is 12.6. The van der Waals surface area contributed by atoms with Crippen LogP contribution in [0.2, 0.25) is 0 Å². The molecule has 21 heavy (non-hydrogen) atoms. The molecule has 5 nitrogen and oxygen atoms in total. The summed E-state index contributed by atoms with van der Waals surface area (Å²) in [4.78, 5) is 24.1. The van der Waals surface area contributed by atoms with Gasteiger partial charge < -0.3 is 14.8 Å². The fourth-order valence-electron chi connectivity index (χ4n) is 2.97. The minimum absolute atomic E-state index is 0.120. The molecular formula is C16H21NO4. The fraction of sp³-hybridized carbons (Fsp3) is 0.500. The first kappa shape index (κ1) is 15.4. The van der Waals surface area contributed by atoms with E-state index in [0.29, 0.717) is 19.4 Å². The Morgan fingerprint density at radius 2 is 2.00 bits per heavy atom. The highest BCUT2D eigenvalue weighted by Gasteiger charge is 2.51. The lowest BCUT2D eigenvalue weighted by molar-refractivity contribution is -0.147. The zero-order chi connectivity index (χ0) is 15.5. The lowest BCUT2D eigenvalue weighted by atomic mass is 9.72. The molecule has 5 heteroatoms. The number of carbonyl (C=O) groups excluding carboxylic acids is 2. The Morgan fingerprint density at radius 1 is 1.33 bits per heavy atom. The lowest BCUT2D eigenvalue weighted by Gasteiger charge is -2.32. The zero-order valence-corrected chi connectivity index (χ0v) is 12.6. The molecule has 1 heterocycles. The third kappa shape index (κ3) is 2.73. The molecular weight excluding hydrogens is 270 g/mol. The van der Waals surface area contributed by atoms with Gasteiger partial charge in [-0.05, 0) is 31.0 Å². The number of nitrogens with one attached hydrogen (secondary N) is 1. The number of hydrogen-bond donors (Lipinski definition) is 1. The summed E-state index contributed by atoms with van der Waals surface area (Å²) in [5.41, 5.74) is 0.387. The third-order valence-electron chi connectivity index (χ3n) is 4.15. The van der Waals surface area contributed by atoms with Gasteiger partial charge in [-0.25, -0.2) is 4.79 Å². The van der Waals surface area contributed by atoms with Gasteiger partial charge in [-0.3, -0.25) is 4.79 Å². The molecule has 114 valence electrons. The van der Waals surface area contributed by atoms with Crippen molar-refractivity contribution in [3.05, 3.63) is 29.8 Å². The van der Waals surface area contributed by atoms with Crippen molar-refractivity contribution in [3.8, 4) is 5.75 Å². The van der Waals surface area contributed by atoms with E-state index in [1.54, 1.807) is 14.0 Å². The molecule has 0 saturated carbocycles. The summed E-state index contributed by atoms with van der Waals surface area (Å²) in [5.74, 6) is 0.252. The van der Waals surface area contributed by atoms with E-state index < -0.39 is 11.5 Å². The molecule has 1 N–H and O–H groups in total. The number of rotatable bonds is 5. The number of carbonyl (C=O) groups is 2. The molecule has 1 amide bonds. The van der Waals surface area contributed by atoms with Crippen LogP contribution in [0.1, 0.15) is 32.3 Å². The molecule has 1 saturated heterocycles. The highest BCUT2D eigenvalue weighted by Crippen LogP contribution is 2.40. The maximum atomic E-state index is 12.2. The van der Waals surface area contributed by atoms with E-state index in [4.69, 9.17) is 9.47 Å². The van der Waals surface area contributed by atoms with Crippen molar-refractivity contribution in [2.24, 2.45) is 0 Å². The molecule has 0 aliphatic carbocycles. The van der Waals surface area contributed by atoms with Gasteiger partial charge in [0.25, 0.3) is 0 Å². The predicted molar refractivity (Wildman–Crippen MR) is 78.1 cm³/mol. The minimum Gasteiger partial charge on any atom is -0.497 e. The Kier molecular flexibility index (Phi) is 4.50. The van der Waals surface area contributed by atoms with E-state index in [9.17, 15) is 9.59 Å². The van der Waals surface area contributed by atoms with Crippen LogP contribution < -0.4 is 10.1 Å². The van der Waals surface area contributed by atoms with Crippen molar-refractivity contribution in [1.29, 1.82) is 0 Å². The van der Waals surface area contributed by atoms with Crippen LogP contribution >= 0.6 is 0 Å². The molecule has 1 aromatic carbocycles. The highest BCUT2D eigenvalue weighted by atomic mass is 16.5. The number of esters is 1. The van der Waals surface area contributed by atoms with E-state index in [1.807, 2.05) is 31.2 Å². The van der Waals surface area contributed by atoms with Crippen LogP contribution in [0.4, 0.5) is 0 Å². The molecule has 1 aliphatic rings. The first-order chi connectivity index (χ1) is 10.1. The maximum Gasteiger partial charge on any atom is 0.329 e. The molecule has 2 unspecified atom stereocenters. The Morgan fingerprint density at radius 3 is 2.52 bits per heavy atom. The molecule has 2 atom stereocenters. The summed E-state index contributed by atoms with van der Waals surface area (Å²) in [6, 6.07) is 6.88. The molecule has 0 radical (unpaired) electrons. The van der Waals surface area contributed by atoms with Gasteiger partial charge in [-0.1, -0.05) is 19.1 Å². The molecule has 1 aromatic rings. The van der Waals surface area contributed by atoms with Crippen molar-refractivity contribution >= 4 is 11.9 Å². The summed E-state index contributed by atoms with van der Waals surface area (Å²) in [6.07, 6.45) is 0.959. The molecule has 0 spiro atoms. The topological polar surface area (TPSA) is 64.6 Å². The number of methoxy groups -OCH3 is 1. The Labute approximate surface area is 124 Å². The average Bonchev–Trinajstić information content (AvgIpc) is 2.85. The van der Waals surface area contributed by atoms with Crippen molar-refractivity contribution in [3.63, 3.8) is 0 Å². The van der Waals surface area contributed by atoms with Crippen LogP contribution in [0.25, 0.3) is 0 Å². The van der Waals surface area contributed by atoms with Gasteiger partial charge in [-0.15, -0.1) is 0 Å². The normalized spacial score (nSPS) is 24.5. The van der Waals surface area contributed by atoms with Crippen molar-refractivity contribution < 1.29 is 19.1 Å². The number of benzene rings is 1. The van der Waals surface area contributed by atoms with E-state index in [1.165, 1.54) is 0 Å². The van der Waals surface area contributed by atoms with Gasteiger partial charge >= 0.3 is 5.97 Å². The van der Waals surface area contributed by atoms with Gasteiger partial charge in [0, 0.05) is 11.8 Å². The van der Waals surface area contributed by atoms with Crippen molar-refractivity contribution in [1.82, 2.24) is 5.32 Å². The number of hydrogen-bond acceptors (Lipinski definition) is 4. The monoisotopic (exact) mass is 291 g/mol. The van der Waals surface area contributed by atoms with Gasteiger partial charge in [0.15, 0.2) is 0 Å². The van der Waals surface area contributed by atoms with Crippen LogP contribution in [0.15, 0.2) is 24.3 Å². The maximum absolute atomic E-state index is 12.2. The minimum atomic E-state index is -0.636. The van der Waals surface area contributed by atoms with Crippen LogP contribution in [0, 0.1) is 0 Å². The first-order valence-corrected chi connectivity index (χ1v) is 7.18. The lowest BCUT2D eigenvalue weighted by Crippen LogP contribution is -2.47. The van der Waals surface area contributed by atoms with Crippen molar-refractivity contribution in [2.75, 3.05) is 13.7 Å². The Hall–Kier alpha value is -2.04. The molecule has 1 aliphatic heterocycles. The Balaban J connectivity index is 2.40. The largest absolute Gasteiger partial charge is 0.497 e. The summed E-state index contributed by atoms with van der Waals surface area (Å²) in [6.45, 7) is 4.04. The first-order valence-electron chi connectivity index (χ1n) is 7.18. The number of amides is 1. The highest BCUT2D eigenvalue weighted by molar-refractivity contribution is 5.91. The molecule has 0 aromatic heterocycles. The van der Waals surface area contributed by atoms with E-state index in [-0.39, 0.29) is 11.9 Å². The summed E-state index contributed by atoms with van der Waals surface area (Å²) < 4.78 is 10.3. The summed E-state index contributed by atoms with van der Waals surface area (Å²) in [7, 11) is 1.60. The van der Waals surface area contributed by atoms with Crippen LogP contribution in [0.5, 0.6) is 5.75 Å². The van der Waals surface area contributed by atoms with Crippen molar-refractivity contribution in [2.45, 2.75) is 38.1 Å².